The molecule has 1 aromatic carbocycles. The highest BCUT2D eigenvalue weighted by Crippen LogP contribution is 2.36. The Hall–Kier alpha value is -3.07. The third-order valence-electron chi connectivity index (χ3n) is 4.45. The van der Waals surface area contributed by atoms with Gasteiger partial charge >= 0.3 is 5.96 Å². The molecule has 6 nitrogen and oxygen atoms in total. The maximum Gasteiger partial charge on any atom is 0.363 e. The van der Waals surface area contributed by atoms with E-state index in [1.165, 1.54) is 5.56 Å². The standard InChI is InChI=1S/C18H20N6/c1-13-15(8-9-16(20)22-13)23-17(21-12-19)24-18(10-5-11-18)14-6-3-2-4-7-14/h2-4,6-9H,5,10-11H2,1H3,(H2,20,22)(H2,21,23,24)/p+1. The van der Waals surface area contributed by atoms with E-state index in [1.807, 2.05) is 37.4 Å². The SMILES string of the molecule is Cc1nc(N)ccc1NC(NC#N)=[NH+]C1(c2ccccc2)CCC1. The van der Waals surface area contributed by atoms with Crippen molar-refractivity contribution in [1.29, 1.82) is 5.26 Å². The van der Waals surface area contributed by atoms with Crippen molar-refractivity contribution in [2.24, 2.45) is 0 Å². The Kier molecular flexibility index (Phi) is 4.34. The second-order valence-electron chi connectivity index (χ2n) is 6.03. The van der Waals surface area contributed by atoms with Crippen LogP contribution in [-0.4, -0.2) is 10.9 Å². The van der Waals surface area contributed by atoms with Gasteiger partial charge in [-0.1, -0.05) is 30.3 Å². The van der Waals surface area contributed by atoms with Gasteiger partial charge in [0.2, 0.25) is 0 Å². The van der Waals surface area contributed by atoms with Crippen LogP contribution in [0.3, 0.4) is 0 Å². The van der Waals surface area contributed by atoms with Gasteiger partial charge in [0.15, 0.2) is 0 Å². The average Bonchev–Trinajstić information content (AvgIpc) is 2.54. The van der Waals surface area contributed by atoms with Crippen LogP contribution in [0.4, 0.5) is 11.5 Å². The number of nitrogen functional groups attached to an aromatic ring is 1. The molecule has 0 spiro atoms. The first-order valence-corrected chi connectivity index (χ1v) is 7.99. The number of benzene rings is 1. The number of aryl methyl sites for hydroxylation is 1. The van der Waals surface area contributed by atoms with Crippen molar-refractivity contribution in [1.82, 2.24) is 10.3 Å². The minimum Gasteiger partial charge on any atom is -0.384 e. The van der Waals surface area contributed by atoms with Crippen LogP contribution >= 0.6 is 0 Å². The number of nitrogens with two attached hydrogens (primary N) is 1. The van der Waals surface area contributed by atoms with Crippen LogP contribution in [0.25, 0.3) is 0 Å². The van der Waals surface area contributed by atoms with Gasteiger partial charge in [0, 0.05) is 0 Å². The van der Waals surface area contributed by atoms with Crippen molar-refractivity contribution in [2.75, 3.05) is 11.1 Å². The summed E-state index contributed by atoms with van der Waals surface area (Å²) >= 11 is 0. The van der Waals surface area contributed by atoms with Gasteiger partial charge in [0.05, 0.1) is 5.69 Å². The van der Waals surface area contributed by atoms with Gasteiger partial charge in [-0.05, 0) is 43.9 Å². The van der Waals surface area contributed by atoms with Crippen LogP contribution in [0, 0.1) is 18.4 Å². The van der Waals surface area contributed by atoms with Crippen LogP contribution in [-0.2, 0) is 5.54 Å². The normalized spacial score (nSPS) is 15.9. The molecule has 0 saturated heterocycles. The van der Waals surface area contributed by atoms with Gasteiger partial charge in [0.1, 0.15) is 17.0 Å². The summed E-state index contributed by atoms with van der Waals surface area (Å²) in [5, 5.41) is 15.0. The second-order valence-corrected chi connectivity index (χ2v) is 6.03. The first-order valence-electron chi connectivity index (χ1n) is 7.99. The molecule has 1 fully saturated rings. The van der Waals surface area contributed by atoms with E-state index in [9.17, 15) is 0 Å². The lowest BCUT2D eigenvalue weighted by Crippen LogP contribution is -2.90. The number of nitrogens with zero attached hydrogens (tertiary/aromatic N) is 2. The number of aromatic nitrogens is 1. The number of rotatable bonds is 3. The van der Waals surface area contributed by atoms with Crippen molar-refractivity contribution in [2.45, 2.75) is 31.7 Å². The summed E-state index contributed by atoms with van der Waals surface area (Å²) in [6.07, 6.45) is 5.19. The molecule has 0 atom stereocenters. The predicted molar refractivity (Wildman–Crippen MR) is 93.7 cm³/mol. The summed E-state index contributed by atoms with van der Waals surface area (Å²) in [6, 6.07) is 13.9. The summed E-state index contributed by atoms with van der Waals surface area (Å²) in [6.45, 7) is 1.87. The topological polar surface area (TPSA) is 101 Å². The highest BCUT2D eigenvalue weighted by Gasteiger charge is 2.40. The van der Waals surface area contributed by atoms with Gasteiger partial charge in [-0.15, -0.1) is 0 Å². The molecule has 0 amide bonds. The van der Waals surface area contributed by atoms with Crippen molar-refractivity contribution in [3.8, 4) is 6.19 Å². The number of anilines is 2. The number of nitrogens with one attached hydrogen (secondary N) is 3. The van der Waals surface area contributed by atoms with E-state index < -0.39 is 0 Å². The molecule has 1 aliphatic rings. The van der Waals surface area contributed by atoms with Crippen LogP contribution in [0.5, 0.6) is 0 Å². The molecule has 6 heteroatoms. The van der Waals surface area contributed by atoms with Crippen molar-refractivity contribution < 1.29 is 4.99 Å². The zero-order valence-electron chi connectivity index (χ0n) is 13.6. The number of hydrogen-bond acceptors (Lipinski definition) is 3. The molecule has 0 aliphatic heterocycles. The molecular weight excluding hydrogens is 300 g/mol. The smallest absolute Gasteiger partial charge is 0.363 e. The maximum absolute atomic E-state index is 9.09. The van der Waals surface area contributed by atoms with Crippen LogP contribution in [0.1, 0.15) is 30.5 Å². The molecule has 24 heavy (non-hydrogen) atoms. The van der Waals surface area contributed by atoms with Gasteiger partial charge in [-0.3, -0.25) is 4.99 Å². The van der Waals surface area contributed by atoms with Gasteiger partial charge < -0.3 is 5.73 Å². The lowest BCUT2D eigenvalue weighted by atomic mass is 9.72. The molecule has 1 aromatic heterocycles. The largest absolute Gasteiger partial charge is 0.384 e. The van der Waals surface area contributed by atoms with E-state index in [2.05, 4.69) is 32.7 Å². The van der Waals surface area contributed by atoms with E-state index in [0.717, 1.165) is 30.6 Å². The second kappa shape index (κ2) is 6.59. The Morgan fingerprint density at radius 3 is 2.58 bits per heavy atom. The van der Waals surface area contributed by atoms with Crippen LogP contribution < -0.4 is 21.4 Å². The molecule has 5 N–H and O–H groups in total. The van der Waals surface area contributed by atoms with Crippen LogP contribution in [0.2, 0.25) is 0 Å². The number of hydrogen-bond donors (Lipinski definition) is 4. The zero-order chi connectivity index (χ0) is 17.0. The van der Waals surface area contributed by atoms with Gasteiger partial charge in [-0.2, -0.15) is 10.6 Å². The quantitative estimate of drug-likeness (QED) is 0.292. The molecule has 1 aliphatic carbocycles. The molecule has 2 aromatic rings. The van der Waals surface area contributed by atoms with Crippen molar-refractivity contribution in [3.05, 3.63) is 53.7 Å². The molecule has 0 unspecified atom stereocenters. The summed E-state index contributed by atoms with van der Waals surface area (Å²) in [5.74, 6) is 1.02. The summed E-state index contributed by atoms with van der Waals surface area (Å²) in [4.78, 5) is 7.73. The molecule has 0 radical (unpaired) electrons. The van der Waals surface area contributed by atoms with Crippen molar-refractivity contribution in [3.63, 3.8) is 0 Å². The number of pyridine rings is 1. The average molecular weight is 321 g/mol. The summed E-state index contributed by atoms with van der Waals surface area (Å²) in [5.41, 5.74) is 8.35. The highest BCUT2D eigenvalue weighted by atomic mass is 15.2. The Labute approximate surface area is 141 Å². The highest BCUT2D eigenvalue weighted by molar-refractivity contribution is 5.90. The summed E-state index contributed by atoms with van der Waals surface area (Å²) in [7, 11) is 0. The maximum atomic E-state index is 9.09. The molecule has 0 bridgehead atoms. The fourth-order valence-corrected chi connectivity index (χ4v) is 3.01. The van der Waals surface area contributed by atoms with Gasteiger partial charge in [-0.25, -0.2) is 10.3 Å². The molecule has 3 rings (SSSR count). The molecule has 1 heterocycles. The van der Waals surface area contributed by atoms with E-state index >= 15 is 0 Å². The van der Waals surface area contributed by atoms with Crippen molar-refractivity contribution >= 4 is 17.5 Å². The van der Waals surface area contributed by atoms with E-state index in [4.69, 9.17) is 11.0 Å². The van der Waals surface area contributed by atoms with E-state index in [1.54, 1.807) is 6.07 Å². The minimum atomic E-state index is -0.150. The lowest BCUT2D eigenvalue weighted by molar-refractivity contribution is -0.584. The summed E-state index contributed by atoms with van der Waals surface area (Å²) < 4.78 is 0. The third-order valence-corrected chi connectivity index (χ3v) is 4.45. The Morgan fingerprint density at radius 1 is 1.25 bits per heavy atom. The Bertz CT molecular complexity index is 787. The first-order chi connectivity index (χ1) is 11.6. The van der Waals surface area contributed by atoms with Gasteiger partial charge in [0.25, 0.3) is 6.19 Å². The fraction of sp³-hybridized carbons (Fsp3) is 0.278. The Morgan fingerprint density at radius 2 is 2.00 bits per heavy atom. The fourth-order valence-electron chi connectivity index (χ4n) is 3.01. The Balaban J connectivity index is 1.92. The lowest BCUT2D eigenvalue weighted by Gasteiger charge is -2.37. The number of guanidine groups is 1. The predicted octanol–water partition coefficient (Wildman–Crippen LogP) is 0.971. The first kappa shape index (κ1) is 15.8. The third kappa shape index (κ3) is 3.15. The zero-order valence-corrected chi connectivity index (χ0v) is 13.6. The monoisotopic (exact) mass is 321 g/mol. The van der Waals surface area contributed by atoms with Crippen LogP contribution in [0.15, 0.2) is 42.5 Å². The molecule has 1 saturated carbocycles. The van der Waals surface area contributed by atoms with E-state index in [0.29, 0.717) is 11.8 Å². The van der Waals surface area contributed by atoms with E-state index in [-0.39, 0.29) is 5.54 Å². The minimum absolute atomic E-state index is 0.150. The molecule has 122 valence electrons. The number of nitriles is 1. The molecular formula is C18H21N6+.